The molecule has 3 aromatic rings. The largest absolute Gasteiger partial charge is 0.496 e. The van der Waals surface area contributed by atoms with E-state index in [-0.39, 0.29) is 24.5 Å². The molecule has 144 valence electrons. The highest BCUT2D eigenvalue weighted by Gasteiger charge is 2.15. The molecule has 0 fully saturated rings. The van der Waals surface area contributed by atoms with Gasteiger partial charge in [0, 0.05) is 23.8 Å². The van der Waals surface area contributed by atoms with Crippen molar-refractivity contribution in [2.45, 2.75) is 12.8 Å². The first-order valence-electron chi connectivity index (χ1n) is 8.75. The molecule has 0 spiro atoms. The van der Waals surface area contributed by atoms with E-state index in [9.17, 15) is 14.4 Å². The molecular formula is C21H20N2O5. The number of carbonyl (C=O) groups excluding carboxylic acids is 3. The van der Waals surface area contributed by atoms with Crippen molar-refractivity contribution < 1.29 is 23.9 Å². The number of para-hydroxylation sites is 1. The molecule has 0 radical (unpaired) electrons. The van der Waals surface area contributed by atoms with Gasteiger partial charge in [-0.1, -0.05) is 18.2 Å². The van der Waals surface area contributed by atoms with Crippen molar-refractivity contribution in [3.8, 4) is 5.75 Å². The normalized spacial score (nSPS) is 10.5. The number of aromatic nitrogens is 1. The van der Waals surface area contributed by atoms with Crippen molar-refractivity contribution in [2.24, 2.45) is 0 Å². The van der Waals surface area contributed by atoms with E-state index >= 15 is 0 Å². The molecule has 2 N–H and O–H groups in total. The Balaban J connectivity index is 1.44. The Bertz CT molecular complexity index is 1010. The Kier molecular flexibility index (Phi) is 6.06. The third kappa shape index (κ3) is 4.76. The maximum absolute atomic E-state index is 12.2. The summed E-state index contributed by atoms with van der Waals surface area (Å²) in [4.78, 5) is 39.1. The Hall–Kier alpha value is -3.61. The van der Waals surface area contributed by atoms with E-state index in [1.807, 2.05) is 24.4 Å². The minimum atomic E-state index is -0.613. The van der Waals surface area contributed by atoms with Crippen LogP contribution in [0.15, 0.2) is 54.7 Å². The molecule has 1 amide bonds. The number of ketones is 1. The van der Waals surface area contributed by atoms with Crippen LogP contribution >= 0.6 is 0 Å². The molecular weight excluding hydrogens is 360 g/mol. The summed E-state index contributed by atoms with van der Waals surface area (Å²) in [6.45, 7) is -0.398. The van der Waals surface area contributed by atoms with E-state index in [1.165, 1.54) is 7.11 Å². The minimum absolute atomic E-state index is 0.0373. The third-order valence-corrected chi connectivity index (χ3v) is 4.17. The van der Waals surface area contributed by atoms with Crippen LogP contribution in [0.4, 0.5) is 5.69 Å². The Morgan fingerprint density at radius 1 is 1.04 bits per heavy atom. The summed E-state index contributed by atoms with van der Waals surface area (Å²) in [5.41, 5.74) is 1.89. The molecule has 0 aliphatic rings. The van der Waals surface area contributed by atoms with Crippen molar-refractivity contribution in [1.29, 1.82) is 0 Å². The van der Waals surface area contributed by atoms with Gasteiger partial charge in [0.15, 0.2) is 6.61 Å². The highest BCUT2D eigenvalue weighted by molar-refractivity contribution is 6.00. The van der Waals surface area contributed by atoms with Crippen molar-refractivity contribution in [2.75, 3.05) is 19.0 Å². The van der Waals surface area contributed by atoms with E-state index in [1.54, 1.807) is 30.3 Å². The van der Waals surface area contributed by atoms with E-state index in [4.69, 9.17) is 9.47 Å². The maximum atomic E-state index is 12.2. The SMILES string of the molecule is COc1ccccc1C(=O)COC(=O)CCC(=O)Nc1ccc2cc[nH]c2c1. The number of Topliss-reactive ketones (excluding diaryl/α,β-unsaturated/α-hetero) is 1. The first-order chi connectivity index (χ1) is 13.6. The Morgan fingerprint density at radius 2 is 1.86 bits per heavy atom. The fourth-order valence-corrected chi connectivity index (χ4v) is 2.74. The lowest BCUT2D eigenvalue weighted by molar-refractivity contribution is -0.143. The quantitative estimate of drug-likeness (QED) is 0.461. The van der Waals surface area contributed by atoms with Crippen LogP contribution in [0.2, 0.25) is 0 Å². The second-order valence-electron chi connectivity index (χ2n) is 6.11. The van der Waals surface area contributed by atoms with Crippen LogP contribution in [-0.2, 0) is 14.3 Å². The maximum Gasteiger partial charge on any atom is 0.306 e. The van der Waals surface area contributed by atoms with E-state index < -0.39 is 12.6 Å². The highest BCUT2D eigenvalue weighted by Crippen LogP contribution is 2.19. The van der Waals surface area contributed by atoms with Gasteiger partial charge < -0.3 is 19.8 Å². The second-order valence-corrected chi connectivity index (χ2v) is 6.11. The summed E-state index contributed by atoms with van der Waals surface area (Å²) >= 11 is 0. The van der Waals surface area contributed by atoms with Crippen molar-refractivity contribution in [1.82, 2.24) is 4.98 Å². The zero-order chi connectivity index (χ0) is 19.9. The summed E-state index contributed by atoms with van der Waals surface area (Å²) in [7, 11) is 1.46. The number of esters is 1. The predicted molar refractivity (Wildman–Crippen MR) is 104 cm³/mol. The number of hydrogen-bond donors (Lipinski definition) is 2. The molecule has 3 rings (SSSR count). The summed E-state index contributed by atoms with van der Waals surface area (Å²) in [6.07, 6.45) is 1.67. The number of H-pyrrole nitrogens is 1. The number of amides is 1. The first kappa shape index (κ1) is 19.2. The number of nitrogens with one attached hydrogen (secondary N) is 2. The van der Waals surface area contributed by atoms with Gasteiger partial charge in [-0.15, -0.1) is 0 Å². The lowest BCUT2D eigenvalue weighted by atomic mass is 10.1. The van der Waals surface area contributed by atoms with Gasteiger partial charge in [-0.3, -0.25) is 14.4 Å². The van der Waals surface area contributed by atoms with Crippen molar-refractivity contribution in [3.05, 3.63) is 60.3 Å². The van der Waals surface area contributed by atoms with Gasteiger partial charge in [0.1, 0.15) is 5.75 Å². The highest BCUT2D eigenvalue weighted by atomic mass is 16.5. The average molecular weight is 380 g/mol. The van der Waals surface area contributed by atoms with Crippen LogP contribution < -0.4 is 10.1 Å². The number of methoxy groups -OCH3 is 1. The van der Waals surface area contributed by atoms with Gasteiger partial charge in [-0.25, -0.2) is 0 Å². The summed E-state index contributed by atoms with van der Waals surface area (Å²) in [5, 5.41) is 3.78. The molecule has 1 aromatic heterocycles. The lowest BCUT2D eigenvalue weighted by Crippen LogP contribution is -2.17. The van der Waals surface area contributed by atoms with Gasteiger partial charge >= 0.3 is 5.97 Å². The topological polar surface area (TPSA) is 97.5 Å². The molecule has 0 bridgehead atoms. The number of rotatable bonds is 8. The minimum Gasteiger partial charge on any atom is -0.496 e. The van der Waals surface area contributed by atoms with Gasteiger partial charge in [-0.2, -0.15) is 0 Å². The molecule has 7 heteroatoms. The van der Waals surface area contributed by atoms with E-state index in [0.29, 0.717) is 17.0 Å². The van der Waals surface area contributed by atoms with Crippen molar-refractivity contribution >= 4 is 34.3 Å². The monoisotopic (exact) mass is 380 g/mol. The molecule has 1 heterocycles. The lowest BCUT2D eigenvalue weighted by Gasteiger charge is -2.08. The van der Waals surface area contributed by atoms with Crippen LogP contribution in [0.3, 0.4) is 0 Å². The van der Waals surface area contributed by atoms with Gasteiger partial charge in [0.25, 0.3) is 0 Å². The molecule has 0 unspecified atom stereocenters. The van der Waals surface area contributed by atoms with Crippen LogP contribution in [0.25, 0.3) is 10.9 Å². The molecule has 2 aromatic carbocycles. The number of fused-ring (bicyclic) bond motifs is 1. The fraction of sp³-hybridized carbons (Fsp3) is 0.190. The van der Waals surface area contributed by atoms with Crippen LogP contribution in [-0.4, -0.2) is 36.4 Å². The molecule has 7 nitrogen and oxygen atoms in total. The van der Waals surface area contributed by atoms with Gasteiger partial charge in [-0.05, 0) is 35.7 Å². The smallest absolute Gasteiger partial charge is 0.306 e. The number of benzene rings is 2. The summed E-state index contributed by atoms with van der Waals surface area (Å²) in [5.74, 6) is -0.867. The molecule has 0 aliphatic heterocycles. The third-order valence-electron chi connectivity index (χ3n) is 4.17. The number of carbonyl (C=O) groups is 3. The van der Waals surface area contributed by atoms with Gasteiger partial charge in [0.05, 0.1) is 19.1 Å². The predicted octanol–water partition coefficient (Wildman–Crippen LogP) is 3.32. The zero-order valence-corrected chi connectivity index (χ0v) is 15.4. The van der Waals surface area contributed by atoms with E-state index in [2.05, 4.69) is 10.3 Å². The first-order valence-corrected chi connectivity index (χ1v) is 8.75. The second kappa shape index (κ2) is 8.85. The van der Waals surface area contributed by atoms with Crippen molar-refractivity contribution in [3.63, 3.8) is 0 Å². The average Bonchev–Trinajstić information content (AvgIpc) is 3.18. The Morgan fingerprint density at radius 3 is 2.68 bits per heavy atom. The molecule has 0 aliphatic carbocycles. The van der Waals surface area contributed by atoms with Crippen LogP contribution in [0.1, 0.15) is 23.2 Å². The number of anilines is 1. The number of aromatic amines is 1. The zero-order valence-electron chi connectivity index (χ0n) is 15.4. The van der Waals surface area contributed by atoms with Gasteiger partial charge in [0.2, 0.25) is 11.7 Å². The standard InChI is InChI=1S/C21H20N2O5/c1-27-19-5-3-2-4-16(19)18(24)13-28-21(26)9-8-20(25)23-15-7-6-14-10-11-22-17(14)12-15/h2-7,10-12,22H,8-9,13H2,1H3,(H,23,25). The fourth-order valence-electron chi connectivity index (χ4n) is 2.74. The molecule has 0 saturated heterocycles. The summed E-state index contributed by atoms with van der Waals surface area (Å²) in [6, 6.07) is 14.1. The van der Waals surface area contributed by atoms with Crippen LogP contribution in [0, 0.1) is 0 Å². The molecule has 0 saturated carbocycles. The van der Waals surface area contributed by atoms with Crippen LogP contribution in [0.5, 0.6) is 5.75 Å². The number of hydrogen-bond acceptors (Lipinski definition) is 5. The molecule has 0 atom stereocenters. The summed E-state index contributed by atoms with van der Waals surface area (Å²) < 4.78 is 10.1. The Labute approximate surface area is 161 Å². The number of ether oxygens (including phenoxy) is 2. The van der Waals surface area contributed by atoms with E-state index in [0.717, 1.165) is 10.9 Å². The molecule has 28 heavy (non-hydrogen) atoms.